The molecule has 2 aliphatic heterocycles. The first-order chi connectivity index (χ1) is 13.6. The molecular weight excluding hydrogens is 360 g/mol. The summed E-state index contributed by atoms with van der Waals surface area (Å²) >= 11 is 0. The number of carbonyl (C=O) groups excluding carboxylic acids is 2. The summed E-state index contributed by atoms with van der Waals surface area (Å²) in [4.78, 5) is 29.0. The summed E-state index contributed by atoms with van der Waals surface area (Å²) in [6.45, 7) is 7.05. The van der Waals surface area contributed by atoms with Gasteiger partial charge in [-0.1, -0.05) is 0 Å². The van der Waals surface area contributed by atoms with Gasteiger partial charge in [0.1, 0.15) is 6.61 Å². The summed E-state index contributed by atoms with van der Waals surface area (Å²) in [6, 6.07) is 0. The van der Waals surface area contributed by atoms with Crippen molar-refractivity contribution >= 4 is 11.8 Å². The lowest BCUT2D eigenvalue weighted by Crippen LogP contribution is -2.52. The molecule has 1 aromatic rings. The van der Waals surface area contributed by atoms with Crippen LogP contribution in [0.25, 0.3) is 0 Å². The zero-order valence-corrected chi connectivity index (χ0v) is 16.5. The zero-order chi connectivity index (χ0) is 19.5. The second-order valence-electron chi connectivity index (χ2n) is 8.39. The minimum Gasteiger partial charge on any atom is -0.365 e. The maximum absolute atomic E-state index is 12.3. The predicted molar refractivity (Wildman–Crippen MR) is 102 cm³/mol. The summed E-state index contributed by atoms with van der Waals surface area (Å²) in [5.41, 5.74) is 0.855. The van der Waals surface area contributed by atoms with Crippen LogP contribution in [0.3, 0.4) is 0 Å². The molecule has 3 aliphatic rings. The van der Waals surface area contributed by atoms with E-state index in [9.17, 15) is 9.59 Å². The number of aromatic nitrogens is 3. The Balaban J connectivity index is 1.21. The van der Waals surface area contributed by atoms with Crippen molar-refractivity contribution in [2.45, 2.75) is 38.7 Å². The highest BCUT2D eigenvalue weighted by Crippen LogP contribution is 2.31. The molecule has 1 aliphatic carbocycles. The van der Waals surface area contributed by atoms with E-state index in [0.29, 0.717) is 30.4 Å². The van der Waals surface area contributed by atoms with Gasteiger partial charge in [-0.15, -0.1) is 0 Å². The minimum atomic E-state index is -0.277. The van der Waals surface area contributed by atoms with E-state index in [1.54, 1.807) is 6.92 Å². The first kappa shape index (κ1) is 19.3. The van der Waals surface area contributed by atoms with Crippen LogP contribution in [-0.4, -0.2) is 89.0 Å². The molecule has 1 aromatic heterocycles. The Morgan fingerprint density at radius 3 is 2.61 bits per heavy atom. The molecule has 9 heteroatoms. The normalized spacial score (nSPS) is 24.5. The van der Waals surface area contributed by atoms with Gasteiger partial charge >= 0.3 is 0 Å². The quantitative estimate of drug-likeness (QED) is 0.689. The highest BCUT2D eigenvalue weighted by molar-refractivity contribution is 5.93. The number of carbonyl (C=O) groups is 2. The van der Waals surface area contributed by atoms with Crippen molar-refractivity contribution in [2.75, 3.05) is 45.9 Å². The Morgan fingerprint density at radius 2 is 1.93 bits per heavy atom. The van der Waals surface area contributed by atoms with E-state index in [-0.39, 0.29) is 24.5 Å². The molecule has 0 radical (unpaired) electrons. The number of aryl methyl sites for hydroxylation is 1. The SMILES string of the molecule is Cc1n[nH]nc1C(=O)NCC1CN(CC2CCN(CC3CC3)CC2)C(=O)CO1. The molecule has 1 atom stereocenters. The van der Waals surface area contributed by atoms with Gasteiger partial charge in [0.15, 0.2) is 5.69 Å². The van der Waals surface area contributed by atoms with E-state index < -0.39 is 0 Å². The van der Waals surface area contributed by atoms with Crippen molar-refractivity contribution in [3.8, 4) is 0 Å². The Bertz CT molecular complexity index is 696. The lowest BCUT2D eigenvalue weighted by Gasteiger charge is -2.38. The zero-order valence-electron chi connectivity index (χ0n) is 16.5. The van der Waals surface area contributed by atoms with Crippen molar-refractivity contribution in [1.29, 1.82) is 0 Å². The molecule has 0 aromatic carbocycles. The third-order valence-corrected chi connectivity index (χ3v) is 6.05. The molecule has 1 unspecified atom stereocenters. The molecule has 28 heavy (non-hydrogen) atoms. The van der Waals surface area contributed by atoms with Crippen molar-refractivity contribution in [3.05, 3.63) is 11.4 Å². The predicted octanol–water partition coefficient (Wildman–Crippen LogP) is 0.192. The van der Waals surface area contributed by atoms with E-state index in [4.69, 9.17) is 4.74 Å². The van der Waals surface area contributed by atoms with Crippen LogP contribution < -0.4 is 5.32 Å². The fourth-order valence-electron chi connectivity index (χ4n) is 4.10. The topological polar surface area (TPSA) is 103 Å². The number of morpholine rings is 1. The molecule has 154 valence electrons. The molecule has 2 saturated heterocycles. The van der Waals surface area contributed by atoms with Crippen molar-refractivity contribution in [2.24, 2.45) is 11.8 Å². The fourth-order valence-corrected chi connectivity index (χ4v) is 4.10. The monoisotopic (exact) mass is 390 g/mol. The van der Waals surface area contributed by atoms with Crippen LogP contribution >= 0.6 is 0 Å². The molecule has 3 heterocycles. The molecule has 2 N–H and O–H groups in total. The first-order valence-electron chi connectivity index (χ1n) is 10.4. The second kappa shape index (κ2) is 8.57. The third kappa shape index (κ3) is 4.88. The third-order valence-electron chi connectivity index (χ3n) is 6.05. The standard InChI is InChI=1S/C19H30N6O3/c1-13-18(22-23-21-13)19(27)20-8-16-11-25(17(26)12-28-16)10-15-4-6-24(7-5-15)9-14-2-3-14/h14-16H,2-12H2,1H3,(H,20,27)(H,21,22,23). The van der Waals surface area contributed by atoms with Gasteiger partial charge in [-0.2, -0.15) is 15.4 Å². The summed E-state index contributed by atoms with van der Waals surface area (Å²) in [5, 5.41) is 13.0. The van der Waals surface area contributed by atoms with Crippen LogP contribution in [0.2, 0.25) is 0 Å². The lowest BCUT2D eigenvalue weighted by molar-refractivity contribution is -0.149. The van der Waals surface area contributed by atoms with Crippen molar-refractivity contribution in [3.63, 3.8) is 0 Å². The maximum Gasteiger partial charge on any atom is 0.273 e. The molecule has 1 saturated carbocycles. The Kier molecular flexibility index (Phi) is 5.91. The molecule has 2 amide bonds. The van der Waals surface area contributed by atoms with Gasteiger partial charge in [0.2, 0.25) is 5.91 Å². The number of nitrogens with zero attached hydrogens (tertiary/aromatic N) is 4. The second-order valence-corrected chi connectivity index (χ2v) is 8.39. The summed E-state index contributed by atoms with van der Waals surface area (Å²) < 4.78 is 5.62. The largest absolute Gasteiger partial charge is 0.365 e. The highest BCUT2D eigenvalue weighted by atomic mass is 16.5. The average molecular weight is 390 g/mol. The van der Waals surface area contributed by atoms with Crippen LogP contribution in [0.15, 0.2) is 0 Å². The fraction of sp³-hybridized carbons (Fsp3) is 0.789. The summed E-state index contributed by atoms with van der Waals surface area (Å²) in [6.07, 6.45) is 4.92. The number of hydrogen-bond donors (Lipinski definition) is 2. The van der Waals surface area contributed by atoms with E-state index in [2.05, 4.69) is 25.6 Å². The van der Waals surface area contributed by atoms with Crippen LogP contribution in [0.5, 0.6) is 0 Å². The van der Waals surface area contributed by atoms with Crippen LogP contribution in [-0.2, 0) is 9.53 Å². The number of aromatic amines is 1. The van der Waals surface area contributed by atoms with Gasteiger partial charge < -0.3 is 19.9 Å². The molecule has 3 fully saturated rings. The van der Waals surface area contributed by atoms with Crippen molar-refractivity contribution < 1.29 is 14.3 Å². The number of likely N-dealkylation sites (tertiary alicyclic amines) is 1. The van der Waals surface area contributed by atoms with E-state index in [1.165, 1.54) is 19.4 Å². The number of nitrogens with one attached hydrogen (secondary N) is 2. The molecular formula is C19H30N6O3. The number of rotatable bonds is 7. The maximum atomic E-state index is 12.3. The van der Waals surface area contributed by atoms with E-state index >= 15 is 0 Å². The minimum absolute atomic E-state index is 0.0512. The lowest BCUT2D eigenvalue weighted by atomic mass is 9.95. The first-order valence-corrected chi connectivity index (χ1v) is 10.4. The Hall–Kier alpha value is -2.00. The average Bonchev–Trinajstić information content (AvgIpc) is 3.41. The molecule has 0 bridgehead atoms. The number of amides is 2. The van der Waals surface area contributed by atoms with Crippen LogP contribution in [0, 0.1) is 18.8 Å². The van der Waals surface area contributed by atoms with Gasteiger partial charge in [0, 0.05) is 26.2 Å². The Morgan fingerprint density at radius 1 is 1.18 bits per heavy atom. The molecule has 4 rings (SSSR count). The van der Waals surface area contributed by atoms with Crippen LogP contribution in [0.1, 0.15) is 41.9 Å². The van der Waals surface area contributed by atoms with E-state index in [0.717, 1.165) is 38.4 Å². The van der Waals surface area contributed by atoms with Gasteiger partial charge in [-0.05, 0) is 57.5 Å². The number of H-pyrrole nitrogens is 1. The number of piperidine rings is 1. The van der Waals surface area contributed by atoms with E-state index in [1.807, 2.05) is 4.90 Å². The number of ether oxygens (including phenoxy) is 1. The van der Waals surface area contributed by atoms with Gasteiger partial charge in [-0.25, -0.2) is 0 Å². The summed E-state index contributed by atoms with van der Waals surface area (Å²) in [7, 11) is 0. The number of hydrogen-bond acceptors (Lipinski definition) is 6. The van der Waals surface area contributed by atoms with Crippen LogP contribution in [0.4, 0.5) is 0 Å². The van der Waals surface area contributed by atoms with Crippen molar-refractivity contribution in [1.82, 2.24) is 30.5 Å². The van der Waals surface area contributed by atoms with Gasteiger partial charge in [0.25, 0.3) is 5.91 Å². The molecule has 9 nitrogen and oxygen atoms in total. The Labute approximate surface area is 165 Å². The summed E-state index contributed by atoms with van der Waals surface area (Å²) in [5.74, 6) is 1.27. The van der Waals surface area contributed by atoms with Gasteiger partial charge in [-0.3, -0.25) is 9.59 Å². The highest BCUT2D eigenvalue weighted by Gasteiger charge is 2.31. The smallest absolute Gasteiger partial charge is 0.273 e. The van der Waals surface area contributed by atoms with Gasteiger partial charge in [0.05, 0.1) is 11.8 Å². The molecule has 0 spiro atoms.